The highest BCUT2D eigenvalue weighted by Gasteiger charge is 2.13. The molecule has 0 nitrogen and oxygen atoms in total. The molecule has 1 saturated carbocycles. The molecule has 1 aliphatic rings. The lowest BCUT2D eigenvalue weighted by molar-refractivity contribution is 0.622. The topological polar surface area (TPSA) is 0 Å². The lowest BCUT2D eigenvalue weighted by Crippen LogP contribution is -1.97. The third kappa shape index (κ3) is 6.01. The van der Waals surface area contributed by atoms with E-state index >= 15 is 0 Å². The van der Waals surface area contributed by atoms with Crippen LogP contribution in [0.1, 0.15) is 44.9 Å². The fourth-order valence-electron chi connectivity index (χ4n) is 1.90. The number of rotatable bonds is 7. The first-order valence-corrected chi connectivity index (χ1v) is 7.85. The Morgan fingerprint density at radius 2 is 1.85 bits per heavy atom. The van der Waals surface area contributed by atoms with E-state index in [0.717, 1.165) is 5.92 Å². The summed E-state index contributed by atoms with van der Waals surface area (Å²) in [7, 11) is 0. The first-order chi connectivity index (χ1) is 6.43. The number of thioether (sulfide) groups is 1. The van der Waals surface area contributed by atoms with Crippen LogP contribution in [0, 0.1) is 5.92 Å². The van der Waals surface area contributed by atoms with Crippen molar-refractivity contribution in [1.82, 2.24) is 0 Å². The molecule has 0 saturated heterocycles. The van der Waals surface area contributed by atoms with Crippen molar-refractivity contribution in [2.75, 3.05) is 16.8 Å². The van der Waals surface area contributed by atoms with Crippen molar-refractivity contribution in [1.29, 1.82) is 0 Å². The monoisotopic (exact) mass is 264 g/mol. The summed E-state index contributed by atoms with van der Waals surface area (Å²) < 4.78 is 0. The van der Waals surface area contributed by atoms with Gasteiger partial charge in [-0.3, -0.25) is 0 Å². The number of hydrogen-bond donors (Lipinski definition) is 0. The highest BCUT2D eigenvalue weighted by atomic mass is 79.9. The molecule has 0 radical (unpaired) electrons. The smallest absolute Gasteiger partial charge is 0.00313 e. The molecule has 0 spiro atoms. The minimum atomic E-state index is 1.07. The summed E-state index contributed by atoms with van der Waals surface area (Å²) in [6.45, 7) is 0. The van der Waals surface area contributed by atoms with E-state index in [1.807, 2.05) is 0 Å². The number of halogens is 1. The first kappa shape index (κ1) is 11.9. The standard InChI is InChI=1S/C11H21BrS/c12-8-4-1-5-9-13-10-11-6-2-3-7-11/h11H,1-10H2. The molecule has 0 aromatic rings. The van der Waals surface area contributed by atoms with Gasteiger partial charge in [0.1, 0.15) is 0 Å². The molecule has 2 heteroatoms. The van der Waals surface area contributed by atoms with Gasteiger partial charge in [0.25, 0.3) is 0 Å². The van der Waals surface area contributed by atoms with E-state index in [2.05, 4.69) is 27.7 Å². The first-order valence-electron chi connectivity index (χ1n) is 5.57. The van der Waals surface area contributed by atoms with Crippen LogP contribution in [0.2, 0.25) is 0 Å². The second-order valence-corrected chi connectivity index (χ2v) is 5.92. The summed E-state index contributed by atoms with van der Waals surface area (Å²) in [6, 6.07) is 0. The van der Waals surface area contributed by atoms with Gasteiger partial charge in [-0.1, -0.05) is 35.2 Å². The zero-order chi connectivity index (χ0) is 9.36. The van der Waals surface area contributed by atoms with Crippen LogP contribution in [0.4, 0.5) is 0 Å². The SMILES string of the molecule is BrCCCCCSCC1CCCC1. The predicted molar refractivity (Wildman–Crippen MR) is 66.9 cm³/mol. The van der Waals surface area contributed by atoms with Gasteiger partial charge in [0.05, 0.1) is 0 Å². The van der Waals surface area contributed by atoms with Crippen LogP contribution in [-0.4, -0.2) is 16.8 Å². The minimum Gasteiger partial charge on any atom is -0.162 e. The summed E-state index contributed by atoms with van der Waals surface area (Å²) in [6.07, 6.45) is 10.2. The Morgan fingerprint density at radius 1 is 1.08 bits per heavy atom. The molecule has 0 aromatic heterocycles. The van der Waals surface area contributed by atoms with Crippen molar-refractivity contribution in [2.45, 2.75) is 44.9 Å². The Hall–Kier alpha value is 0.830. The third-order valence-electron chi connectivity index (χ3n) is 2.75. The summed E-state index contributed by atoms with van der Waals surface area (Å²) in [5, 5.41) is 1.18. The van der Waals surface area contributed by atoms with Crippen molar-refractivity contribution in [2.24, 2.45) is 5.92 Å². The Bertz CT molecular complexity index is 111. The van der Waals surface area contributed by atoms with Crippen LogP contribution in [-0.2, 0) is 0 Å². The van der Waals surface area contributed by atoms with E-state index in [1.165, 1.54) is 61.8 Å². The molecule has 78 valence electrons. The highest BCUT2D eigenvalue weighted by Crippen LogP contribution is 2.28. The molecule has 0 bridgehead atoms. The minimum absolute atomic E-state index is 1.07. The lowest BCUT2D eigenvalue weighted by Gasteiger charge is -2.07. The second kappa shape index (κ2) is 8.16. The number of unbranched alkanes of at least 4 members (excludes halogenated alkanes) is 2. The van der Waals surface area contributed by atoms with Crippen molar-refractivity contribution in [3.8, 4) is 0 Å². The molecule has 0 heterocycles. The zero-order valence-corrected chi connectivity index (χ0v) is 10.8. The van der Waals surface area contributed by atoms with Gasteiger partial charge >= 0.3 is 0 Å². The normalized spacial score (nSPS) is 18.2. The molecule has 1 fully saturated rings. The van der Waals surface area contributed by atoms with Crippen LogP contribution in [0.5, 0.6) is 0 Å². The molecule has 0 amide bonds. The molecular formula is C11H21BrS. The Labute approximate surface area is 95.4 Å². The maximum absolute atomic E-state index is 3.47. The predicted octanol–water partition coefficient (Wildman–Crippen LogP) is 4.48. The van der Waals surface area contributed by atoms with Crippen molar-refractivity contribution < 1.29 is 0 Å². The summed E-state index contributed by atoms with van der Waals surface area (Å²) in [5.41, 5.74) is 0. The van der Waals surface area contributed by atoms with E-state index in [1.54, 1.807) is 0 Å². The quantitative estimate of drug-likeness (QED) is 0.483. The van der Waals surface area contributed by atoms with Crippen LogP contribution in [0.25, 0.3) is 0 Å². The fourth-order valence-corrected chi connectivity index (χ4v) is 3.54. The molecule has 0 aliphatic heterocycles. The third-order valence-corrected chi connectivity index (χ3v) is 4.60. The Kier molecular flexibility index (Phi) is 7.47. The zero-order valence-electron chi connectivity index (χ0n) is 8.43. The number of hydrogen-bond acceptors (Lipinski definition) is 1. The Balaban J connectivity index is 1.78. The van der Waals surface area contributed by atoms with Gasteiger partial charge in [0.15, 0.2) is 0 Å². The molecule has 1 aliphatic carbocycles. The van der Waals surface area contributed by atoms with Crippen molar-refractivity contribution in [3.63, 3.8) is 0 Å². The molecule has 0 unspecified atom stereocenters. The van der Waals surface area contributed by atoms with Gasteiger partial charge in [-0.2, -0.15) is 11.8 Å². The van der Waals surface area contributed by atoms with Gasteiger partial charge in [0, 0.05) is 5.33 Å². The second-order valence-electron chi connectivity index (χ2n) is 3.98. The lowest BCUT2D eigenvalue weighted by atomic mass is 10.1. The highest BCUT2D eigenvalue weighted by molar-refractivity contribution is 9.09. The van der Waals surface area contributed by atoms with Crippen LogP contribution in [0.15, 0.2) is 0 Å². The maximum Gasteiger partial charge on any atom is 0.00313 e. The van der Waals surface area contributed by atoms with Gasteiger partial charge in [-0.15, -0.1) is 0 Å². The summed E-state index contributed by atoms with van der Waals surface area (Å²) in [4.78, 5) is 0. The van der Waals surface area contributed by atoms with E-state index < -0.39 is 0 Å². The van der Waals surface area contributed by atoms with Gasteiger partial charge in [0.2, 0.25) is 0 Å². The largest absolute Gasteiger partial charge is 0.162 e. The average Bonchev–Trinajstić information content (AvgIpc) is 2.63. The average molecular weight is 265 g/mol. The van der Waals surface area contributed by atoms with E-state index in [0.29, 0.717) is 0 Å². The van der Waals surface area contributed by atoms with Crippen molar-refractivity contribution >= 4 is 27.7 Å². The van der Waals surface area contributed by atoms with E-state index in [9.17, 15) is 0 Å². The van der Waals surface area contributed by atoms with Gasteiger partial charge < -0.3 is 0 Å². The van der Waals surface area contributed by atoms with Crippen LogP contribution < -0.4 is 0 Å². The fraction of sp³-hybridized carbons (Fsp3) is 1.00. The van der Waals surface area contributed by atoms with Crippen molar-refractivity contribution in [3.05, 3.63) is 0 Å². The molecule has 0 atom stereocenters. The van der Waals surface area contributed by atoms with Crippen LogP contribution >= 0.6 is 27.7 Å². The Morgan fingerprint density at radius 3 is 2.54 bits per heavy atom. The van der Waals surface area contributed by atoms with Gasteiger partial charge in [-0.05, 0) is 43.1 Å². The summed E-state index contributed by atoms with van der Waals surface area (Å²) >= 11 is 5.65. The molecule has 0 N–H and O–H groups in total. The van der Waals surface area contributed by atoms with Crippen LogP contribution in [0.3, 0.4) is 0 Å². The van der Waals surface area contributed by atoms with Gasteiger partial charge in [-0.25, -0.2) is 0 Å². The molecule has 1 rings (SSSR count). The maximum atomic E-state index is 3.47. The molecule has 0 aromatic carbocycles. The number of alkyl halides is 1. The van der Waals surface area contributed by atoms with E-state index in [4.69, 9.17) is 0 Å². The van der Waals surface area contributed by atoms with E-state index in [-0.39, 0.29) is 0 Å². The molecular weight excluding hydrogens is 244 g/mol. The summed E-state index contributed by atoms with van der Waals surface area (Å²) in [5.74, 6) is 3.90. The molecule has 13 heavy (non-hydrogen) atoms.